The first kappa shape index (κ1) is 18.3. The van der Waals surface area contributed by atoms with Crippen molar-refractivity contribution in [2.24, 2.45) is 11.3 Å². The van der Waals surface area contributed by atoms with E-state index in [1.165, 1.54) is 12.1 Å². The van der Waals surface area contributed by atoms with E-state index in [4.69, 9.17) is 4.11 Å². The number of hydrogen-bond donors (Lipinski definition) is 4. The van der Waals surface area contributed by atoms with Crippen LogP contribution in [0.15, 0.2) is 17.0 Å². The summed E-state index contributed by atoms with van der Waals surface area (Å²) in [5, 5.41) is 18.3. The smallest absolute Gasteiger partial charge is 0.273 e. The van der Waals surface area contributed by atoms with Crippen LogP contribution in [0.4, 0.5) is 17.3 Å². The van der Waals surface area contributed by atoms with Crippen molar-refractivity contribution in [2.45, 2.75) is 37.1 Å². The number of anilines is 3. The molecule has 174 valence electrons. The van der Waals surface area contributed by atoms with Crippen LogP contribution in [-0.4, -0.2) is 55.2 Å². The van der Waals surface area contributed by atoms with Crippen LogP contribution in [0.1, 0.15) is 45.1 Å². The largest absolute Gasteiger partial charge is 0.354 e. The van der Waals surface area contributed by atoms with Crippen molar-refractivity contribution in [3.8, 4) is 0 Å². The number of aromatic nitrogens is 3. The molecule has 3 heterocycles. The Kier molecular flexibility index (Phi) is 4.29. The van der Waals surface area contributed by atoms with Crippen LogP contribution in [0, 0.1) is 11.3 Å². The number of nitrogens with zero attached hydrogens (tertiary/aromatic N) is 3. The monoisotopic (exact) mass is 474 g/mol. The molecule has 12 heteroatoms. The molecule has 1 spiro atoms. The predicted octanol–water partition coefficient (Wildman–Crippen LogP) is 0.763. The van der Waals surface area contributed by atoms with E-state index >= 15 is 0 Å². The average Bonchev–Trinajstić information content (AvgIpc) is 3.70. The third-order valence-electron chi connectivity index (χ3n) is 6.43. The fourth-order valence-corrected chi connectivity index (χ4v) is 5.09. The third-order valence-corrected chi connectivity index (χ3v) is 7.55. The number of pyridine rings is 1. The molecule has 1 atom stereocenters. The quantitative estimate of drug-likeness (QED) is 0.475. The Bertz CT molecular complexity index is 1380. The summed E-state index contributed by atoms with van der Waals surface area (Å²) in [5.41, 5.74) is 1.10. The Labute approximate surface area is 195 Å². The molecule has 33 heavy (non-hydrogen) atoms. The van der Waals surface area contributed by atoms with Gasteiger partial charge in [0.25, 0.3) is 5.91 Å². The molecule has 2 aromatic rings. The van der Waals surface area contributed by atoms with E-state index in [2.05, 4.69) is 31.1 Å². The number of fused-ring (bicyclic) bond motifs is 1. The van der Waals surface area contributed by atoms with Gasteiger partial charge in [0, 0.05) is 54.5 Å². The van der Waals surface area contributed by atoms with Crippen molar-refractivity contribution in [2.75, 3.05) is 30.4 Å². The molecular formula is C21H25N7O4S. The predicted molar refractivity (Wildman–Crippen MR) is 120 cm³/mol. The van der Waals surface area contributed by atoms with Crippen molar-refractivity contribution in [3.63, 3.8) is 0 Å². The Morgan fingerprint density at radius 1 is 1.27 bits per heavy atom. The minimum Gasteiger partial charge on any atom is -0.354 e. The summed E-state index contributed by atoms with van der Waals surface area (Å²) in [5.74, 6) is -1.35. The highest BCUT2D eigenvalue weighted by atomic mass is 32.2. The molecule has 0 aromatic carbocycles. The van der Waals surface area contributed by atoms with Crippen molar-refractivity contribution >= 4 is 39.0 Å². The van der Waals surface area contributed by atoms with Gasteiger partial charge in [-0.15, -0.1) is 10.2 Å². The maximum absolute atomic E-state index is 12.7. The van der Waals surface area contributed by atoms with Gasteiger partial charge in [-0.25, -0.2) is 13.4 Å². The van der Waals surface area contributed by atoms with Crippen LogP contribution in [0.2, 0.25) is 0 Å². The molecule has 11 nitrogen and oxygen atoms in total. The molecule has 0 unspecified atom stereocenters. The number of rotatable bonds is 6. The summed E-state index contributed by atoms with van der Waals surface area (Å²) in [6.07, 6.45) is 4.47. The highest BCUT2D eigenvalue weighted by Crippen LogP contribution is 2.70. The molecule has 1 aliphatic heterocycles. The van der Waals surface area contributed by atoms with Gasteiger partial charge in [0.1, 0.15) is 10.7 Å². The molecule has 0 saturated heterocycles. The normalized spacial score (nSPS) is 21.7. The van der Waals surface area contributed by atoms with Gasteiger partial charge in [0.2, 0.25) is 5.91 Å². The summed E-state index contributed by atoms with van der Waals surface area (Å²) >= 11 is 0. The van der Waals surface area contributed by atoms with E-state index in [-0.39, 0.29) is 39.5 Å². The van der Waals surface area contributed by atoms with Gasteiger partial charge < -0.3 is 21.3 Å². The third kappa shape index (κ3) is 4.15. The van der Waals surface area contributed by atoms with E-state index in [0.29, 0.717) is 25.2 Å². The van der Waals surface area contributed by atoms with Gasteiger partial charge in [-0.2, -0.15) is 0 Å². The fourth-order valence-electron chi connectivity index (χ4n) is 4.29. The van der Waals surface area contributed by atoms with E-state index < -0.39 is 28.4 Å². The molecule has 2 fully saturated rings. The molecule has 3 aliphatic rings. The number of nitrogens with one attached hydrogen (secondary N) is 4. The van der Waals surface area contributed by atoms with E-state index in [1.54, 1.807) is 0 Å². The van der Waals surface area contributed by atoms with Gasteiger partial charge in [-0.1, -0.05) is 0 Å². The maximum Gasteiger partial charge on any atom is 0.273 e. The van der Waals surface area contributed by atoms with Gasteiger partial charge in [0.15, 0.2) is 21.3 Å². The molecule has 2 amide bonds. The zero-order chi connectivity index (χ0) is 25.9. The standard InChI is InChI=1S/C21H25N7O4S/c1-22-20(30)17-14(8-16(27-28-17)26-19(29)12-9-21(12)4-5-21)25-18-15(33(2,31)32)7-11-10-23-6-3-13(11)24-18/h7-8,12,23H,3-6,9-10H2,1-2H3,(H,22,30)(H2,24,25,26,27,29)/t12-/m1/s1/i1D3. The summed E-state index contributed by atoms with van der Waals surface area (Å²) in [7, 11) is -3.74. The molecule has 2 saturated carbocycles. The number of carbonyl (C=O) groups is 2. The molecule has 4 N–H and O–H groups in total. The lowest BCUT2D eigenvalue weighted by Crippen LogP contribution is -2.26. The van der Waals surface area contributed by atoms with Crippen molar-refractivity contribution < 1.29 is 22.1 Å². The molecular weight excluding hydrogens is 446 g/mol. The number of amides is 2. The van der Waals surface area contributed by atoms with Crippen molar-refractivity contribution in [1.82, 2.24) is 25.8 Å². The summed E-state index contributed by atoms with van der Waals surface area (Å²) in [6.45, 7) is -1.66. The molecule has 0 bridgehead atoms. The molecule has 0 radical (unpaired) electrons. The second kappa shape index (κ2) is 7.73. The fraction of sp³-hybridized carbons (Fsp3) is 0.476. The number of sulfone groups is 1. The van der Waals surface area contributed by atoms with Gasteiger partial charge in [-0.05, 0) is 36.3 Å². The summed E-state index contributed by atoms with van der Waals surface area (Å²) < 4.78 is 47.1. The Morgan fingerprint density at radius 3 is 2.79 bits per heavy atom. The first-order valence-electron chi connectivity index (χ1n) is 12.1. The van der Waals surface area contributed by atoms with Gasteiger partial charge >= 0.3 is 0 Å². The van der Waals surface area contributed by atoms with E-state index in [1.807, 2.05) is 5.32 Å². The van der Waals surface area contributed by atoms with Crippen molar-refractivity contribution in [1.29, 1.82) is 0 Å². The van der Waals surface area contributed by atoms with E-state index in [9.17, 15) is 18.0 Å². The molecule has 2 aliphatic carbocycles. The average molecular weight is 475 g/mol. The maximum atomic E-state index is 12.7. The zero-order valence-electron chi connectivity index (χ0n) is 20.9. The second-order valence-corrected chi connectivity index (χ2v) is 10.8. The first-order valence-corrected chi connectivity index (χ1v) is 12.5. The molecule has 5 rings (SSSR count). The van der Waals surface area contributed by atoms with Gasteiger partial charge in [-0.3, -0.25) is 9.59 Å². The SMILES string of the molecule is [2H]C([2H])([2H])NC(=O)c1nnc(NC(=O)[C@H]2CC23CC3)cc1Nc1nc2c(cc1S(C)(=O)=O)CNCC2. The second-order valence-electron chi connectivity index (χ2n) is 8.82. The Hall–Kier alpha value is -3.12. The number of carbonyl (C=O) groups excluding carboxylic acids is 2. The van der Waals surface area contributed by atoms with Gasteiger partial charge in [0.05, 0.1) is 5.69 Å². The Morgan fingerprint density at radius 2 is 2.09 bits per heavy atom. The van der Waals surface area contributed by atoms with Crippen LogP contribution in [0.25, 0.3) is 0 Å². The zero-order valence-corrected chi connectivity index (χ0v) is 18.7. The summed E-state index contributed by atoms with van der Waals surface area (Å²) in [6, 6.07) is 2.84. The Balaban J connectivity index is 1.52. The van der Waals surface area contributed by atoms with Crippen LogP contribution in [-0.2, 0) is 27.6 Å². The lowest BCUT2D eigenvalue weighted by atomic mass is 10.1. The number of hydrogen-bond acceptors (Lipinski definition) is 9. The van der Waals surface area contributed by atoms with Crippen LogP contribution < -0.4 is 21.3 Å². The van der Waals surface area contributed by atoms with Crippen LogP contribution in [0.3, 0.4) is 0 Å². The van der Waals surface area contributed by atoms with Crippen molar-refractivity contribution in [3.05, 3.63) is 29.1 Å². The minimum absolute atomic E-state index is 0.0366. The summed E-state index contributed by atoms with van der Waals surface area (Å²) in [4.78, 5) is 29.7. The lowest BCUT2D eigenvalue weighted by Gasteiger charge is -2.20. The van der Waals surface area contributed by atoms with Crippen LogP contribution >= 0.6 is 0 Å². The topological polar surface area (TPSA) is 155 Å². The van der Waals surface area contributed by atoms with E-state index in [0.717, 1.165) is 31.1 Å². The molecule has 2 aromatic heterocycles. The highest BCUT2D eigenvalue weighted by Gasteiger charge is 2.65. The minimum atomic E-state index is -3.74. The van der Waals surface area contributed by atoms with Crippen LogP contribution in [0.5, 0.6) is 0 Å². The highest BCUT2D eigenvalue weighted by molar-refractivity contribution is 7.90. The first-order chi connectivity index (χ1) is 16.8. The lowest BCUT2D eigenvalue weighted by molar-refractivity contribution is -0.117.